The topological polar surface area (TPSA) is 85.0 Å². The smallest absolute Gasteiger partial charge is 0.312 e. The molecule has 0 unspecified atom stereocenters. The number of phenolic OH excluding ortho intramolecular Hbond substituents is 1. The largest absolute Gasteiger partial charge is 0.502 e. The molecule has 0 heterocycles. The van der Waals surface area contributed by atoms with Gasteiger partial charge in [-0.3, -0.25) is 15.1 Å². The summed E-state index contributed by atoms with van der Waals surface area (Å²) in [6, 6.07) is 9.90. The van der Waals surface area contributed by atoms with Gasteiger partial charge in [0.2, 0.25) is 5.75 Å². The fraction of sp³-hybridized carbons (Fsp3) is 0.133. The Labute approximate surface area is 135 Å². The first-order valence-electron chi connectivity index (χ1n) is 6.45. The minimum atomic E-state index is -0.646. The fourth-order valence-electron chi connectivity index (χ4n) is 1.81. The summed E-state index contributed by atoms with van der Waals surface area (Å²) in [6.45, 7) is 2.43. The molecule has 2 aromatic rings. The molecular formula is C15H13BrN2O4. The zero-order valence-electron chi connectivity index (χ0n) is 11.7. The predicted molar refractivity (Wildman–Crippen MR) is 87.3 cm³/mol. The van der Waals surface area contributed by atoms with Crippen molar-refractivity contribution >= 4 is 33.5 Å². The first-order valence-corrected chi connectivity index (χ1v) is 7.24. The van der Waals surface area contributed by atoms with E-state index in [0.29, 0.717) is 22.5 Å². The van der Waals surface area contributed by atoms with Crippen LogP contribution in [-0.4, -0.2) is 22.9 Å². The molecule has 2 rings (SSSR count). The number of aliphatic imine (C=N–C) groups is 1. The number of nitrogens with zero attached hydrogens (tertiary/aromatic N) is 2. The van der Waals surface area contributed by atoms with Gasteiger partial charge in [0.1, 0.15) is 5.75 Å². The number of hydrogen-bond acceptors (Lipinski definition) is 5. The maximum atomic E-state index is 10.9. The molecule has 2 aromatic carbocycles. The van der Waals surface area contributed by atoms with Gasteiger partial charge in [-0.25, -0.2) is 0 Å². The van der Waals surface area contributed by atoms with Gasteiger partial charge in [0, 0.05) is 28.4 Å². The molecule has 0 saturated heterocycles. The van der Waals surface area contributed by atoms with Crippen LogP contribution in [0, 0.1) is 10.1 Å². The second kappa shape index (κ2) is 7.04. The van der Waals surface area contributed by atoms with E-state index in [-0.39, 0.29) is 11.3 Å². The Balaban J connectivity index is 2.34. The van der Waals surface area contributed by atoms with Gasteiger partial charge in [-0.05, 0) is 25.1 Å². The molecule has 0 radical (unpaired) electrons. The lowest BCUT2D eigenvalue weighted by atomic mass is 10.2. The number of rotatable bonds is 5. The predicted octanol–water partition coefficient (Wildman–Crippen LogP) is 4.21. The minimum Gasteiger partial charge on any atom is -0.502 e. The second-order valence-corrected chi connectivity index (χ2v) is 5.22. The van der Waals surface area contributed by atoms with E-state index in [1.807, 2.05) is 13.0 Å². The fourth-order valence-corrected chi connectivity index (χ4v) is 2.27. The highest BCUT2D eigenvalue weighted by atomic mass is 79.9. The zero-order chi connectivity index (χ0) is 16.1. The maximum Gasteiger partial charge on any atom is 0.312 e. The lowest BCUT2D eigenvalue weighted by molar-refractivity contribution is -0.385. The van der Waals surface area contributed by atoms with Crippen molar-refractivity contribution in [2.45, 2.75) is 6.92 Å². The third-order valence-electron chi connectivity index (χ3n) is 2.76. The Morgan fingerprint density at radius 1 is 1.41 bits per heavy atom. The van der Waals surface area contributed by atoms with Crippen molar-refractivity contribution in [3.63, 3.8) is 0 Å². The number of aromatic hydroxyl groups is 1. The summed E-state index contributed by atoms with van der Waals surface area (Å²) in [5, 5.41) is 20.8. The molecule has 22 heavy (non-hydrogen) atoms. The third-order valence-corrected chi connectivity index (χ3v) is 3.22. The quantitative estimate of drug-likeness (QED) is 0.489. The van der Waals surface area contributed by atoms with Crippen LogP contribution in [0.4, 0.5) is 11.4 Å². The molecule has 0 bridgehead atoms. The Morgan fingerprint density at radius 2 is 2.18 bits per heavy atom. The van der Waals surface area contributed by atoms with Crippen molar-refractivity contribution in [3.05, 3.63) is 56.5 Å². The average Bonchev–Trinajstić information content (AvgIpc) is 2.48. The molecule has 6 nitrogen and oxygen atoms in total. The van der Waals surface area contributed by atoms with E-state index >= 15 is 0 Å². The summed E-state index contributed by atoms with van der Waals surface area (Å²) in [5.41, 5.74) is 0.495. The van der Waals surface area contributed by atoms with Crippen molar-refractivity contribution in [2.75, 3.05) is 6.61 Å². The highest BCUT2D eigenvalue weighted by Crippen LogP contribution is 2.32. The SMILES string of the molecule is CCOc1cccc(N=Cc2cc(Br)cc([N+](=O)[O-])c2O)c1. The first-order chi connectivity index (χ1) is 10.5. The highest BCUT2D eigenvalue weighted by molar-refractivity contribution is 9.10. The molecule has 0 aliphatic heterocycles. The molecule has 0 aliphatic rings. The van der Waals surface area contributed by atoms with Crippen LogP contribution in [0.15, 0.2) is 45.9 Å². The van der Waals surface area contributed by atoms with E-state index in [1.165, 1.54) is 12.3 Å². The van der Waals surface area contributed by atoms with Crippen LogP contribution in [0.25, 0.3) is 0 Å². The van der Waals surface area contributed by atoms with E-state index in [0.717, 1.165) is 0 Å². The van der Waals surface area contributed by atoms with E-state index in [4.69, 9.17) is 4.74 Å². The van der Waals surface area contributed by atoms with E-state index in [1.54, 1.807) is 24.3 Å². The van der Waals surface area contributed by atoms with Crippen LogP contribution in [0.3, 0.4) is 0 Å². The van der Waals surface area contributed by atoms with Crippen LogP contribution in [0.2, 0.25) is 0 Å². The van der Waals surface area contributed by atoms with Gasteiger partial charge >= 0.3 is 5.69 Å². The Morgan fingerprint density at radius 3 is 2.86 bits per heavy atom. The van der Waals surface area contributed by atoms with Crippen molar-refractivity contribution < 1.29 is 14.8 Å². The van der Waals surface area contributed by atoms with Crippen molar-refractivity contribution in [3.8, 4) is 11.5 Å². The second-order valence-electron chi connectivity index (χ2n) is 4.31. The summed E-state index contributed by atoms with van der Waals surface area (Å²) >= 11 is 3.18. The number of halogens is 1. The first kappa shape index (κ1) is 16.0. The molecule has 0 fully saturated rings. The third kappa shape index (κ3) is 3.82. The monoisotopic (exact) mass is 364 g/mol. The molecule has 0 spiro atoms. The Bertz CT molecular complexity index is 731. The van der Waals surface area contributed by atoms with Gasteiger partial charge in [0.15, 0.2) is 0 Å². The number of benzene rings is 2. The minimum absolute atomic E-state index is 0.253. The molecule has 114 valence electrons. The van der Waals surface area contributed by atoms with E-state index in [9.17, 15) is 15.2 Å². The van der Waals surface area contributed by atoms with Gasteiger partial charge in [-0.15, -0.1) is 0 Å². The lowest BCUT2D eigenvalue weighted by Gasteiger charge is -2.04. The Kier molecular flexibility index (Phi) is 5.11. The number of nitro benzene ring substituents is 1. The average molecular weight is 365 g/mol. The molecule has 0 aliphatic carbocycles. The van der Waals surface area contributed by atoms with Crippen LogP contribution >= 0.6 is 15.9 Å². The summed E-state index contributed by atoms with van der Waals surface area (Å²) in [5.74, 6) is 0.263. The van der Waals surface area contributed by atoms with Crippen LogP contribution < -0.4 is 4.74 Å². The molecule has 1 N–H and O–H groups in total. The highest BCUT2D eigenvalue weighted by Gasteiger charge is 2.17. The van der Waals surface area contributed by atoms with Crippen molar-refractivity contribution in [1.82, 2.24) is 0 Å². The molecule has 0 aromatic heterocycles. The lowest BCUT2D eigenvalue weighted by Crippen LogP contribution is -1.93. The van der Waals surface area contributed by atoms with Gasteiger partial charge in [-0.1, -0.05) is 22.0 Å². The van der Waals surface area contributed by atoms with Crippen molar-refractivity contribution in [1.29, 1.82) is 0 Å². The molecule has 0 amide bonds. The summed E-state index contributed by atoms with van der Waals surface area (Å²) in [7, 11) is 0. The summed E-state index contributed by atoms with van der Waals surface area (Å²) in [4.78, 5) is 14.4. The maximum absolute atomic E-state index is 10.9. The molecule has 0 atom stereocenters. The van der Waals surface area contributed by atoms with Crippen LogP contribution in [-0.2, 0) is 0 Å². The van der Waals surface area contributed by atoms with E-state index < -0.39 is 10.7 Å². The summed E-state index contributed by atoms with van der Waals surface area (Å²) < 4.78 is 5.86. The van der Waals surface area contributed by atoms with Gasteiger partial charge < -0.3 is 9.84 Å². The van der Waals surface area contributed by atoms with Crippen LogP contribution in [0.5, 0.6) is 11.5 Å². The van der Waals surface area contributed by atoms with Crippen molar-refractivity contribution in [2.24, 2.45) is 4.99 Å². The van der Waals surface area contributed by atoms with Gasteiger partial charge in [0.05, 0.1) is 17.2 Å². The molecule has 7 heteroatoms. The van der Waals surface area contributed by atoms with Crippen LogP contribution in [0.1, 0.15) is 12.5 Å². The standard InChI is InChI=1S/C15H13BrN2O4/c1-2-22-13-5-3-4-12(8-13)17-9-10-6-11(16)7-14(15(10)19)18(20)21/h3-9,19H,2H2,1H3. The number of ether oxygens (including phenoxy) is 1. The molecular weight excluding hydrogens is 352 g/mol. The Hall–Kier alpha value is -2.41. The number of phenols is 1. The zero-order valence-corrected chi connectivity index (χ0v) is 13.3. The van der Waals surface area contributed by atoms with Gasteiger partial charge in [0.25, 0.3) is 0 Å². The summed E-state index contributed by atoms with van der Waals surface area (Å²) in [6.07, 6.45) is 1.37. The number of nitro groups is 1. The normalized spacial score (nSPS) is 10.8. The molecule has 0 saturated carbocycles. The van der Waals surface area contributed by atoms with E-state index in [2.05, 4.69) is 20.9 Å². The van der Waals surface area contributed by atoms with Gasteiger partial charge in [-0.2, -0.15) is 0 Å². The number of hydrogen-bond donors (Lipinski definition) is 1.